The van der Waals surface area contributed by atoms with Crippen molar-refractivity contribution in [3.63, 3.8) is 0 Å². The van der Waals surface area contributed by atoms with Gasteiger partial charge in [-0.1, -0.05) is 13.8 Å². The fourth-order valence-corrected chi connectivity index (χ4v) is 2.32. The zero-order valence-corrected chi connectivity index (χ0v) is 14.5. The summed E-state index contributed by atoms with van der Waals surface area (Å²) in [5.41, 5.74) is -0.247. The van der Waals surface area contributed by atoms with E-state index in [0.29, 0.717) is 11.5 Å². The maximum Gasteiger partial charge on any atom is 0.420 e. The number of nitrogens with zero attached hydrogens (tertiary/aromatic N) is 1. The number of ether oxygens (including phenoxy) is 1. The Bertz CT molecular complexity index is 695. The largest absolute Gasteiger partial charge is 0.440 e. The van der Waals surface area contributed by atoms with Crippen LogP contribution in [0.2, 0.25) is 0 Å². The first-order chi connectivity index (χ1) is 11.1. The van der Waals surface area contributed by atoms with E-state index in [4.69, 9.17) is 9.15 Å². The van der Waals surface area contributed by atoms with Crippen molar-refractivity contribution in [1.82, 2.24) is 10.3 Å². The summed E-state index contributed by atoms with van der Waals surface area (Å²) in [5, 5.41) is 3.17. The Kier molecular flexibility index (Phi) is 5.55. The van der Waals surface area contributed by atoms with Gasteiger partial charge in [0.25, 0.3) is 0 Å². The van der Waals surface area contributed by atoms with Crippen LogP contribution in [0.4, 0.5) is 13.2 Å². The molecule has 0 aliphatic carbocycles. The Morgan fingerprint density at radius 2 is 1.88 bits per heavy atom. The highest BCUT2D eigenvalue weighted by Gasteiger charge is 2.35. The number of rotatable bonds is 6. The molecule has 4 nitrogen and oxygen atoms in total. The predicted molar refractivity (Wildman–Crippen MR) is 85.9 cm³/mol. The van der Waals surface area contributed by atoms with Crippen LogP contribution in [0.15, 0.2) is 16.5 Å². The molecule has 0 aliphatic rings. The first-order valence-electron chi connectivity index (χ1n) is 7.90. The molecule has 7 heteroatoms. The maximum absolute atomic E-state index is 13.4. The number of aromatic nitrogens is 1. The van der Waals surface area contributed by atoms with Crippen molar-refractivity contribution in [2.24, 2.45) is 0 Å². The van der Waals surface area contributed by atoms with Gasteiger partial charge >= 0.3 is 6.18 Å². The topological polar surface area (TPSA) is 47.3 Å². The summed E-state index contributed by atoms with van der Waals surface area (Å²) in [6.45, 7) is 7.76. The first-order valence-corrected chi connectivity index (χ1v) is 7.90. The van der Waals surface area contributed by atoms with E-state index in [9.17, 15) is 13.2 Å². The highest BCUT2D eigenvalue weighted by Crippen LogP contribution is 2.37. The van der Waals surface area contributed by atoms with Crippen molar-refractivity contribution in [1.29, 1.82) is 0 Å². The first kappa shape index (κ1) is 18.7. The van der Waals surface area contributed by atoms with Gasteiger partial charge in [-0.3, -0.25) is 0 Å². The van der Waals surface area contributed by atoms with Crippen LogP contribution in [0.5, 0.6) is 0 Å². The summed E-state index contributed by atoms with van der Waals surface area (Å²) in [6.07, 6.45) is -4.54. The minimum absolute atomic E-state index is 0.00330. The molecule has 2 rings (SSSR count). The molecule has 1 aromatic heterocycles. The van der Waals surface area contributed by atoms with E-state index >= 15 is 0 Å². The lowest BCUT2D eigenvalue weighted by molar-refractivity contribution is -0.136. The molecule has 2 atom stereocenters. The Labute approximate surface area is 139 Å². The highest BCUT2D eigenvalue weighted by molar-refractivity contribution is 5.78. The van der Waals surface area contributed by atoms with Gasteiger partial charge in [-0.15, -0.1) is 0 Å². The van der Waals surface area contributed by atoms with Crippen molar-refractivity contribution in [3.05, 3.63) is 29.2 Å². The van der Waals surface area contributed by atoms with Gasteiger partial charge in [-0.25, -0.2) is 4.98 Å². The van der Waals surface area contributed by atoms with Gasteiger partial charge in [0.1, 0.15) is 11.1 Å². The van der Waals surface area contributed by atoms with Crippen LogP contribution in [-0.2, 0) is 17.5 Å². The molecule has 1 N–H and O–H groups in total. The molecule has 0 bridgehead atoms. The fraction of sp³-hybridized carbons (Fsp3) is 0.588. The zero-order chi connectivity index (χ0) is 18.1. The summed E-state index contributed by atoms with van der Waals surface area (Å²) >= 11 is 0. The van der Waals surface area contributed by atoms with Gasteiger partial charge in [0.05, 0.1) is 6.10 Å². The van der Waals surface area contributed by atoms with Crippen LogP contribution in [-0.4, -0.2) is 24.2 Å². The van der Waals surface area contributed by atoms with Crippen LogP contribution in [0.1, 0.15) is 50.6 Å². The monoisotopic (exact) mass is 344 g/mol. The minimum Gasteiger partial charge on any atom is -0.440 e. The van der Waals surface area contributed by atoms with Crippen molar-refractivity contribution >= 4 is 11.1 Å². The van der Waals surface area contributed by atoms with Gasteiger partial charge in [0.15, 0.2) is 11.5 Å². The number of hydrogen-bond acceptors (Lipinski definition) is 4. The molecule has 1 heterocycles. The SMILES string of the molecule is CO[C@H](C)[C@H](C)NCc1cc(C(F)(F)F)c2oc(C(C)C)nc2c1. The van der Waals surface area contributed by atoms with Crippen molar-refractivity contribution in [2.45, 2.75) is 58.5 Å². The fourth-order valence-electron chi connectivity index (χ4n) is 2.32. The molecule has 0 fully saturated rings. The van der Waals surface area contributed by atoms with E-state index in [1.54, 1.807) is 13.2 Å². The average molecular weight is 344 g/mol. The number of halogens is 3. The Morgan fingerprint density at radius 1 is 1.21 bits per heavy atom. The second kappa shape index (κ2) is 7.11. The molecule has 0 saturated heterocycles. The molecule has 0 spiro atoms. The molecule has 0 radical (unpaired) electrons. The molecular weight excluding hydrogens is 321 g/mol. The van der Waals surface area contributed by atoms with Gasteiger partial charge in [-0.05, 0) is 31.5 Å². The van der Waals surface area contributed by atoms with Crippen LogP contribution in [0, 0.1) is 0 Å². The molecule has 2 aromatic rings. The van der Waals surface area contributed by atoms with E-state index in [1.165, 1.54) is 0 Å². The number of hydrogen-bond donors (Lipinski definition) is 1. The second-order valence-corrected chi connectivity index (χ2v) is 6.31. The third-order valence-electron chi connectivity index (χ3n) is 4.07. The highest BCUT2D eigenvalue weighted by atomic mass is 19.4. The lowest BCUT2D eigenvalue weighted by atomic mass is 10.1. The minimum atomic E-state index is -4.49. The molecule has 0 amide bonds. The van der Waals surface area contributed by atoms with Crippen molar-refractivity contribution < 1.29 is 22.3 Å². The number of nitrogens with one attached hydrogen (secondary N) is 1. The normalized spacial score (nSPS) is 15.2. The molecule has 134 valence electrons. The summed E-state index contributed by atoms with van der Waals surface area (Å²) < 4.78 is 50.6. The Morgan fingerprint density at radius 3 is 2.42 bits per heavy atom. The zero-order valence-electron chi connectivity index (χ0n) is 14.5. The summed E-state index contributed by atoms with van der Waals surface area (Å²) in [6, 6.07) is 2.76. The Hall–Kier alpha value is -1.60. The Balaban J connectivity index is 2.38. The lowest BCUT2D eigenvalue weighted by Gasteiger charge is -2.20. The summed E-state index contributed by atoms with van der Waals surface area (Å²) in [4.78, 5) is 4.21. The van der Waals surface area contributed by atoms with Crippen LogP contribution in [0.25, 0.3) is 11.1 Å². The molecule has 0 saturated carbocycles. The van der Waals surface area contributed by atoms with Gasteiger partial charge in [0, 0.05) is 25.6 Å². The summed E-state index contributed by atoms with van der Waals surface area (Å²) in [5.74, 6) is 0.226. The lowest BCUT2D eigenvalue weighted by Crippen LogP contribution is -2.36. The number of fused-ring (bicyclic) bond motifs is 1. The van der Waals surface area contributed by atoms with E-state index in [0.717, 1.165) is 6.07 Å². The number of benzene rings is 1. The van der Waals surface area contributed by atoms with Crippen LogP contribution >= 0.6 is 0 Å². The van der Waals surface area contributed by atoms with E-state index in [2.05, 4.69) is 10.3 Å². The van der Waals surface area contributed by atoms with Gasteiger partial charge in [0.2, 0.25) is 0 Å². The number of methoxy groups -OCH3 is 1. The quantitative estimate of drug-likeness (QED) is 0.839. The van der Waals surface area contributed by atoms with E-state index < -0.39 is 11.7 Å². The molecule has 1 aromatic carbocycles. The van der Waals surface area contributed by atoms with Crippen LogP contribution in [0.3, 0.4) is 0 Å². The third-order valence-corrected chi connectivity index (χ3v) is 4.07. The number of alkyl halides is 3. The predicted octanol–water partition coefficient (Wildman–Crippen LogP) is 4.48. The smallest absolute Gasteiger partial charge is 0.420 e. The standard InChI is InChI=1S/C17H23F3N2O2/c1-9(2)16-22-14-7-12(8-21-10(3)11(4)23-5)6-13(15(14)24-16)17(18,19)20/h6-7,9-11,21H,8H2,1-5H3/t10-,11+/m0/s1. The van der Waals surface area contributed by atoms with Crippen molar-refractivity contribution in [2.75, 3.05) is 7.11 Å². The molecule has 0 unspecified atom stereocenters. The van der Waals surface area contributed by atoms with E-state index in [-0.39, 0.29) is 35.7 Å². The van der Waals surface area contributed by atoms with Crippen LogP contribution < -0.4 is 5.32 Å². The number of oxazole rings is 1. The maximum atomic E-state index is 13.4. The third kappa shape index (κ3) is 4.08. The molecule has 0 aliphatic heterocycles. The van der Waals surface area contributed by atoms with Gasteiger partial charge in [-0.2, -0.15) is 13.2 Å². The second-order valence-electron chi connectivity index (χ2n) is 6.31. The molecule has 24 heavy (non-hydrogen) atoms. The van der Waals surface area contributed by atoms with E-state index in [1.807, 2.05) is 27.7 Å². The average Bonchev–Trinajstić information content (AvgIpc) is 2.93. The summed E-state index contributed by atoms with van der Waals surface area (Å²) in [7, 11) is 1.60. The van der Waals surface area contributed by atoms with Gasteiger partial charge < -0.3 is 14.5 Å². The van der Waals surface area contributed by atoms with Crippen molar-refractivity contribution in [3.8, 4) is 0 Å². The molecular formula is C17H23F3N2O2.